The quantitative estimate of drug-likeness (QED) is 0.682. The zero-order valence-corrected chi connectivity index (χ0v) is 10.3. The fourth-order valence-corrected chi connectivity index (χ4v) is 2.62. The summed E-state index contributed by atoms with van der Waals surface area (Å²) < 4.78 is 13.4. The molecule has 3 rings (SSSR count). The lowest BCUT2D eigenvalue weighted by molar-refractivity contribution is 0.625. The highest BCUT2D eigenvalue weighted by Crippen LogP contribution is 2.32. The van der Waals surface area contributed by atoms with Crippen LogP contribution >= 0.6 is 0 Å². The van der Waals surface area contributed by atoms with E-state index in [0.29, 0.717) is 0 Å². The Labute approximate surface area is 106 Å². The molecule has 2 heteroatoms. The number of rotatable bonds is 0. The number of benzene rings is 1. The average molecular weight is 239 g/mol. The topological polar surface area (TPSA) is 12.9 Å². The zero-order chi connectivity index (χ0) is 12.5. The van der Waals surface area contributed by atoms with Crippen molar-refractivity contribution in [3.05, 3.63) is 70.8 Å². The third-order valence-electron chi connectivity index (χ3n) is 3.46. The number of halogens is 1. The third-order valence-corrected chi connectivity index (χ3v) is 3.46. The summed E-state index contributed by atoms with van der Waals surface area (Å²) in [5, 5.41) is 0. The van der Waals surface area contributed by atoms with E-state index in [1.807, 2.05) is 25.3 Å². The predicted octanol–water partition coefficient (Wildman–Crippen LogP) is 3.77. The average Bonchev–Trinajstić information content (AvgIpc) is 2.55. The summed E-state index contributed by atoms with van der Waals surface area (Å²) in [4.78, 5) is 4.45. The Balaban J connectivity index is 2.25. The van der Waals surface area contributed by atoms with Gasteiger partial charge in [-0.05, 0) is 54.7 Å². The summed E-state index contributed by atoms with van der Waals surface area (Å²) in [5.74, 6) is -0.164. The van der Waals surface area contributed by atoms with Crippen LogP contribution in [0.3, 0.4) is 0 Å². The molecule has 0 N–H and O–H groups in total. The Morgan fingerprint density at radius 1 is 1.17 bits per heavy atom. The van der Waals surface area contributed by atoms with Crippen LogP contribution in [0.2, 0.25) is 0 Å². The summed E-state index contributed by atoms with van der Waals surface area (Å²) in [6.45, 7) is 2.02. The first-order valence-electron chi connectivity index (χ1n) is 6.19. The van der Waals surface area contributed by atoms with Crippen molar-refractivity contribution in [2.75, 3.05) is 0 Å². The van der Waals surface area contributed by atoms with Gasteiger partial charge in [-0.2, -0.15) is 0 Å². The second-order valence-corrected chi connectivity index (χ2v) is 4.50. The van der Waals surface area contributed by atoms with Crippen LogP contribution < -0.4 is 0 Å². The molecule has 90 valence electrons. The van der Waals surface area contributed by atoms with E-state index < -0.39 is 0 Å². The first-order chi connectivity index (χ1) is 8.79. The maximum absolute atomic E-state index is 13.4. The van der Waals surface area contributed by atoms with Gasteiger partial charge in [-0.3, -0.25) is 4.98 Å². The van der Waals surface area contributed by atoms with Gasteiger partial charge in [-0.15, -0.1) is 0 Å². The number of allylic oxidation sites excluding steroid dienone is 1. The van der Waals surface area contributed by atoms with Crippen molar-refractivity contribution in [2.24, 2.45) is 0 Å². The lowest BCUT2D eigenvalue weighted by Crippen LogP contribution is -1.94. The van der Waals surface area contributed by atoms with Crippen LogP contribution in [-0.4, -0.2) is 4.98 Å². The molecule has 0 spiro atoms. The van der Waals surface area contributed by atoms with Crippen molar-refractivity contribution in [2.45, 2.75) is 19.8 Å². The van der Waals surface area contributed by atoms with Crippen molar-refractivity contribution < 1.29 is 4.39 Å². The number of aryl methyl sites for hydroxylation is 2. The lowest BCUT2D eigenvalue weighted by Gasteiger charge is -2.10. The summed E-state index contributed by atoms with van der Waals surface area (Å²) >= 11 is 0. The predicted molar refractivity (Wildman–Crippen MR) is 70.8 cm³/mol. The number of nitrogens with zero attached hydrogens (tertiary/aromatic N) is 1. The second kappa shape index (κ2) is 4.37. The van der Waals surface area contributed by atoms with Gasteiger partial charge < -0.3 is 0 Å². The van der Waals surface area contributed by atoms with Gasteiger partial charge in [0.2, 0.25) is 0 Å². The molecule has 0 fully saturated rings. The molecule has 0 radical (unpaired) electrons. The molecule has 0 saturated carbocycles. The fraction of sp³-hybridized carbons (Fsp3) is 0.188. The van der Waals surface area contributed by atoms with Crippen LogP contribution in [0.5, 0.6) is 0 Å². The minimum absolute atomic E-state index is 0.164. The smallest absolute Gasteiger partial charge is 0.123 e. The van der Waals surface area contributed by atoms with E-state index in [4.69, 9.17) is 0 Å². The van der Waals surface area contributed by atoms with E-state index in [9.17, 15) is 4.39 Å². The zero-order valence-electron chi connectivity index (χ0n) is 10.3. The molecule has 1 nitrogen and oxygen atoms in total. The Morgan fingerprint density at radius 2 is 2.06 bits per heavy atom. The number of hydrogen-bond donors (Lipinski definition) is 0. The summed E-state index contributed by atoms with van der Waals surface area (Å²) in [5.41, 5.74) is 5.63. The van der Waals surface area contributed by atoms with Crippen molar-refractivity contribution >= 4 is 5.57 Å². The van der Waals surface area contributed by atoms with Crippen molar-refractivity contribution in [3.8, 4) is 0 Å². The highest BCUT2D eigenvalue weighted by molar-refractivity contribution is 5.83. The fourth-order valence-electron chi connectivity index (χ4n) is 2.62. The molecule has 0 saturated heterocycles. The normalized spacial score (nSPS) is 16.0. The maximum Gasteiger partial charge on any atom is 0.123 e. The third kappa shape index (κ3) is 1.74. The second-order valence-electron chi connectivity index (χ2n) is 4.50. The molecule has 0 bridgehead atoms. The molecule has 0 aliphatic heterocycles. The van der Waals surface area contributed by atoms with Gasteiger partial charge in [0.1, 0.15) is 5.82 Å². The first kappa shape index (κ1) is 11.1. The molecular formula is C16H14FN. The summed E-state index contributed by atoms with van der Waals surface area (Å²) in [6, 6.07) is 9.10. The van der Waals surface area contributed by atoms with Crippen molar-refractivity contribution in [3.63, 3.8) is 0 Å². The van der Waals surface area contributed by atoms with Crippen LogP contribution in [-0.2, 0) is 12.8 Å². The minimum Gasteiger partial charge on any atom is -0.261 e. The van der Waals surface area contributed by atoms with Crippen molar-refractivity contribution in [1.82, 2.24) is 4.98 Å². The molecule has 1 aliphatic carbocycles. The molecular weight excluding hydrogens is 225 g/mol. The van der Waals surface area contributed by atoms with Gasteiger partial charge in [-0.1, -0.05) is 18.2 Å². The van der Waals surface area contributed by atoms with Gasteiger partial charge in [0, 0.05) is 17.5 Å². The molecule has 18 heavy (non-hydrogen) atoms. The molecule has 1 aliphatic rings. The van der Waals surface area contributed by atoms with E-state index in [1.54, 1.807) is 6.07 Å². The Kier molecular flexibility index (Phi) is 2.71. The van der Waals surface area contributed by atoms with Crippen LogP contribution in [0.4, 0.5) is 4.39 Å². The molecule has 2 aromatic rings. The molecule has 0 unspecified atom stereocenters. The number of hydrogen-bond acceptors (Lipinski definition) is 1. The Hall–Kier alpha value is -1.96. The monoisotopic (exact) mass is 239 g/mol. The van der Waals surface area contributed by atoms with Crippen LogP contribution in [0, 0.1) is 5.82 Å². The molecule has 1 aromatic heterocycles. The number of fused-ring (bicyclic) bond motifs is 2. The Bertz CT molecular complexity index is 629. The van der Waals surface area contributed by atoms with E-state index in [-0.39, 0.29) is 5.82 Å². The SMILES string of the molecule is C/C=C1/c2ccc(F)cc2CCc2ncccc21. The van der Waals surface area contributed by atoms with Gasteiger partial charge in [0.25, 0.3) is 0 Å². The van der Waals surface area contributed by atoms with Gasteiger partial charge in [0.15, 0.2) is 0 Å². The van der Waals surface area contributed by atoms with Crippen LogP contribution in [0.1, 0.15) is 29.3 Å². The highest BCUT2D eigenvalue weighted by atomic mass is 19.1. The van der Waals surface area contributed by atoms with Gasteiger partial charge in [-0.25, -0.2) is 4.39 Å². The largest absolute Gasteiger partial charge is 0.261 e. The number of aromatic nitrogens is 1. The first-order valence-corrected chi connectivity index (χ1v) is 6.19. The highest BCUT2D eigenvalue weighted by Gasteiger charge is 2.18. The number of pyridine rings is 1. The van der Waals surface area contributed by atoms with Gasteiger partial charge in [0.05, 0.1) is 0 Å². The van der Waals surface area contributed by atoms with E-state index >= 15 is 0 Å². The molecule has 1 heterocycles. The van der Waals surface area contributed by atoms with Crippen molar-refractivity contribution in [1.29, 1.82) is 0 Å². The van der Waals surface area contributed by atoms with Gasteiger partial charge >= 0.3 is 0 Å². The van der Waals surface area contributed by atoms with E-state index in [1.165, 1.54) is 11.6 Å². The summed E-state index contributed by atoms with van der Waals surface area (Å²) in [7, 11) is 0. The van der Waals surface area contributed by atoms with Crippen LogP contribution in [0.25, 0.3) is 5.57 Å². The minimum atomic E-state index is -0.164. The standard InChI is InChI=1S/C16H14FN/c1-2-13-14-7-6-12(17)10-11(14)5-8-16-15(13)4-3-9-18-16/h2-4,6-7,9-10H,5,8H2,1H3/b13-2-. The molecule has 0 atom stereocenters. The summed E-state index contributed by atoms with van der Waals surface area (Å²) in [6.07, 6.45) is 5.61. The van der Waals surface area contributed by atoms with E-state index in [2.05, 4.69) is 17.1 Å². The lowest BCUT2D eigenvalue weighted by atomic mass is 9.95. The van der Waals surface area contributed by atoms with E-state index in [0.717, 1.165) is 35.2 Å². The molecule has 0 amide bonds. The molecule has 1 aromatic carbocycles. The van der Waals surface area contributed by atoms with Crippen LogP contribution in [0.15, 0.2) is 42.6 Å². The Morgan fingerprint density at radius 3 is 2.89 bits per heavy atom. The maximum atomic E-state index is 13.4.